The highest BCUT2D eigenvalue weighted by Crippen LogP contribution is 2.09. The molecule has 0 heterocycles. The number of hydrogen-bond acceptors (Lipinski definition) is 1. The van der Waals surface area contributed by atoms with Gasteiger partial charge in [-0.25, -0.2) is 0 Å². The van der Waals surface area contributed by atoms with Gasteiger partial charge in [0.2, 0.25) is 5.91 Å². The molecule has 0 aliphatic carbocycles. The lowest BCUT2D eigenvalue weighted by atomic mass is 10.0. The average molecular weight is 199 g/mol. The van der Waals surface area contributed by atoms with Crippen LogP contribution in [0.4, 0.5) is 0 Å². The largest absolute Gasteiger partial charge is 0.353 e. The van der Waals surface area contributed by atoms with Crippen molar-refractivity contribution in [3.05, 3.63) is 0 Å². The number of rotatable bonds is 6. The predicted molar refractivity (Wildman–Crippen MR) is 61.1 cm³/mol. The first kappa shape index (κ1) is 13.5. The summed E-state index contributed by atoms with van der Waals surface area (Å²) in [6.45, 7) is 10.4. The molecule has 0 saturated carbocycles. The van der Waals surface area contributed by atoms with Gasteiger partial charge in [0.05, 0.1) is 0 Å². The molecule has 2 heteroatoms. The molecule has 0 saturated heterocycles. The van der Waals surface area contributed by atoms with E-state index in [1.807, 2.05) is 13.8 Å². The summed E-state index contributed by atoms with van der Waals surface area (Å²) < 4.78 is 0. The number of nitrogens with one attached hydrogen (secondary N) is 1. The molecule has 14 heavy (non-hydrogen) atoms. The molecular formula is C12H25NO. The van der Waals surface area contributed by atoms with Gasteiger partial charge in [0, 0.05) is 12.0 Å². The Balaban J connectivity index is 3.84. The molecule has 1 amide bonds. The normalized spacial score (nSPS) is 13.4. The number of carbonyl (C=O) groups is 1. The molecule has 0 spiro atoms. The van der Waals surface area contributed by atoms with Crippen molar-refractivity contribution in [2.24, 2.45) is 11.8 Å². The van der Waals surface area contributed by atoms with E-state index < -0.39 is 0 Å². The summed E-state index contributed by atoms with van der Waals surface area (Å²) in [4.78, 5) is 11.4. The minimum atomic E-state index is 0.100. The Labute approximate surface area is 88.5 Å². The Kier molecular flexibility index (Phi) is 6.60. The van der Waals surface area contributed by atoms with Crippen molar-refractivity contribution in [3.8, 4) is 0 Å². The minimum absolute atomic E-state index is 0.100. The van der Waals surface area contributed by atoms with Crippen molar-refractivity contribution in [1.82, 2.24) is 5.32 Å². The fraction of sp³-hybridized carbons (Fsp3) is 0.917. The van der Waals surface area contributed by atoms with E-state index in [1.54, 1.807) is 0 Å². The van der Waals surface area contributed by atoms with Gasteiger partial charge >= 0.3 is 0 Å². The maximum atomic E-state index is 11.4. The van der Waals surface area contributed by atoms with Crippen LogP contribution in [0.1, 0.15) is 53.9 Å². The smallest absolute Gasteiger partial charge is 0.222 e. The van der Waals surface area contributed by atoms with Gasteiger partial charge in [-0.05, 0) is 25.2 Å². The van der Waals surface area contributed by atoms with Gasteiger partial charge in [-0.15, -0.1) is 0 Å². The van der Waals surface area contributed by atoms with Crippen molar-refractivity contribution >= 4 is 5.91 Å². The molecule has 1 unspecified atom stereocenters. The summed E-state index contributed by atoms with van der Waals surface area (Å²) in [5.74, 6) is 1.00. The predicted octanol–water partition coefficient (Wildman–Crippen LogP) is 2.97. The molecular weight excluding hydrogens is 174 g/mol. The van der Waals surface area contributed by atoms with Crippen LogP contribution >= 0.6 is 0 Å². The van der Waals surface area contributed by atoms with Crippen LogP contribution in [0.15, 0.2) is 0 Å². The fourth-order valence-corrected chi connectivity index (χ4v) is 1.28. The third kappa shape index (κ3) is 6.01. The first-order valence-electron chi connectivity index (χ1n) is 5.77. The summed E-state index contributed by atoms with van der Waals surface area (Å²) in [7, 11) is 0. The van der Waals surface area contributed by atoms with Crippen LogP contribution in [0.5, 0.6) is 0 Å². The zero-order valence-corrected chi connectivity index (χ0v) is 10.3. The van der Waals surface area contributed by atoms with Crippen LogP contribution in [0, 0.1) is 11.8 Å². The van der Waals surface area contributed by atoms with Crippen LogP contribution in [0.2, 0.25) is 0 Å². The van der Waals surface area contributed by atoms with Gasteiger partial charge in [-0.2, -0.15) is 0 Å². The van der Waals surface area contributed by atoms with Gasteiger partial charge in [0.1, 0.15) is 0 Å². The lowest BCUT2D eigenvalue weighted by Crippen LogP contribution is -2.37. The maximum Gasteiger partial charge on any atom is 0.222 e. The molecule has 0 fully saturated rings. The number of hydrogen-bond donors (Lipinski definition) is 1. The molecule has 0 aromatic heterocycles. The van der Waals surface area contributed by atoms with Crippen LogP contribution in [0.25, 0.3) is 0 Å². The van der Waals surface area contributed by atoms with E-state index in [2.05, 4.69) is 26.1 Å². The van der Waals surface area contributed by atoms with E-state index in [1.165, 1.54) is 6.42 Å². The summed E-state index contributed by atoms with van der Waals surface area (Å²) in [6, 6.07) is 0.368. The van der Waals surface area contributed by atoms with Crippen molar-refractivity contribution in [2.75, 3.05) is 0 Å². The highest BCUT2D eigenvalue weighted by atomic mass is 16.1. The fourth-order valence-electron chi connectivity index (χ4n) is 1.28. The lowest BCUT2D eigenvalue weighted by molar-refractivity contribution is -0.124. The maximum absolute atomic E-state index is 11.4. The second kappa shape index (κ2) is 6.86. The molecule has 2 nitrogen and oxygen atoms in total. The standard InChI is InChI=1S/C12H25NO/c1-6-11(8-7-9(2)3)13-12(14)10(4)5/h9-11H,6-8H2,1-5H3,(H,13,14). The minimum Gasteiger partial charge on any atom is -0.353 e. The summed E-state index contributed by atoms with van der Waals surface area (Å²) in [5.41, 5.74) is 0. The molecule has 0 aromatic carbocycles. The van der Waals surface area contributed by atoms with Crippen molar-refractivity contribution in [3.63, 3.8) is 0 Å². The zero-order chi connectivity index (χ0) is 11.1. The first-order valence-corrected chi connectivity index (χ1v) is 5.77. The molecule has 1 atom stereocenters. The Hall–Kier alpha value is -0.530. The van der Waals surface area contributed by atoms with Gasteiger partial charge in [0.15, 0.2) is 0 Å². The van der Waals surface area contributed by atoms with E-state index in [-0.39, 0.29) is 11.8 Å². The van der Waals surface area contributed by atoms with E-state index in [9.17, 15) is 4.79 Å². The SMILES string of the molecule is CCC(CCC(C)C)NC(=O)C(C)C. The molecule has 0 aliphatic heterocycles. The molecule has 0 aliphatic rings. The van der Waals surface area contributed by atoms with E-state index in [0.717, 1.165) is 18.8 Å². The first-order chi connectivity index (χ1) is 6.47. The molecule has 0 radical (unpaired) electrons. The van der Waals surface area contributed by atoms with Gasteiger partial charge in [-0.1, -0.05) is 34.6 Å². The van der Waals surface area contributed by atoms with Gasteiger partial charge < -0.3 is 5.32 Å². The van der Waals surface area contributed by atoms with E-state index >= 15 is 0 Å². The Bertz CT molecular complexity index is 164. The Morgan fingerprint density at radius 1 is 1.14 bits per heavy atom. The number of carbonyl (C=O) groups excluding carboxylic acids is 1. The third-order valence-corrected chi connectivity index (χ3v) is 2.46. The molecule has 0 aromatic rings. The monoisotopic (exact) mass is 199 g/mol. The molecule has 0 rings (SSSR count). The van der Waals surface area contributed by atoms with Crippen LogP contribution in [-0.4, -0.2) is 11.9 Å². The number of amides is 1. The summed E-state index contributed by atoms with van der Waals surface area (Å²) >= 11 is 0. The van der Waals surface area contributed by atoms with E-state index in [0.29, 0.717) is 6.04 Å². The highest BCUT2D eigenvalue weighted by molar-refractivity contribution is 5.78. The summed E-state index contributed by atoms with van der Waals surface area (Å²) in [6.07, 6.45) is 3.33. The van der Waals surface area contributed by atoms with Crippen molar-refractivity contribution in [1.29, 1.82) is 0 Å². The Morgan fingerprint density at radius 2 is 1.71 bits per heavy atom. The lowest BCUT2D eigenvalue weighted by Gasteiger charge is -2.19. The van der Waals surface area contributed by atoms with Gasteiger partial charge in [-0.3, -0.25) is 4.79 Å². The molecule has 1 N–H and O–H groups in total. The zero-order valence-electron chi connectivity index (χ0n) is 10.3. The van der Waals surface area contributed by atoms with E-state index in [4.69, 9.17) is 0 Å². The molecule has 0 bridgehead atoms. The molecule has 84 valence electrons. The van der Waals surface area contributed by atoms with Crippen molar-refractivity contribution in [2.45, 2.75) is 59.9 Å². The second-order valence-corrected chi connectivity index (χ2v) is 4.74. The summed E-state index contributed by atoms with van der Waals surface area (Å²) in [5, 5.41) is 3.08. The second-order valence-electron chi connectivity index (χ2n) is 4.74. The van der Waals surface area contributed by atoms with Crippen molar-refractivity contribution < 1.29 is 4.79 Å². The topological polar surface area (TPSA) is 29.1 Å². The quantitative estimate of drug-likeness (QED) is 0.700. The highest BCUT2D eigenvalue weighted by Gasteiger charge is 2.13. The van der Waals surface area contributed by atoms with Crippen LogP contribution in [-0.2, 0) is 4.79 Å². The van der Waals surface area contributed by atoms with Gasteiger partial charge in [0.25, 0.3) is 0 Å². The average Bonchev–Trinajstić information content (AvgIpc) is 2.11. The van der Waals surface area contributed by atoms with Crippen LogP contribution < -0.4 is 5.32 Å². The third-order valence-electron chi connectivity index (χ3n) is 2.46. The Morgan fingerprint density at radius 3 is 2.07 bits per heavy atom. The van der Waals surface area contributed by atoms with Crippen LogP contribution in [0.3, 0.4) is 0 Å².